The second kappa shape index (κ2) is 1.46. The summed E-state index contributed by atoms with van der Waals surface area (Å²) in [6, 6.07) is 0. The fourth-order valence-corrected chi connectivity index (χ4v) is 0.0373. The van der Waals surface area contributed by atoms with E-state index in [-0.39, 0.29) is 17.1 Å². The second-order valence-electron chi connectivity index (χ2n) is 0.715. The zero-order valence-corrected chi connectivity index (χ0v) is 3.67. The summed E-state index contributed by atoms with van der Waals surface area (Å²) in [6.07, 6.45) is -2.25. The minimum atomic E-state index is -2.25. The van der Waals surface area contributed by atoms with Crippen LogP contribution >= 0.6 is 0 Å². The average molecular weight is 134 g/mol. The quantitative estimate of drug-likeness (QED) is 0.184. The van der Waals surface area contributed by atoms with Gasteiger partial charge in [0.1, 0.15) is 0 Å². The van der Waals surface area contributed by atoms with Gasteiger partial charge in [0.05, 0.1) is 0 Å². The van der Waals surface area contributed by atoms with E-state index in [4.69, 9.17) is 10.2 Å². The van der Waals surface area contributed by atoms with Crippen molar-refractivity contribution in [1.82, 2.24) is 0 Å². The zero-order valence-electron chi connectivity index (χ0n) is 2.56. The summed E-state index contributed by atoms with van der Waals surface area (Å²) < 4.78 is 0. The average Bonchev–Trinajstić information content (AvgIpc) is 1.76. The molecule has 0 aromatic heterocycles. The fourth-order valence-electron chi connectivity index (χ4n) is 0.0373. The van der Waals surface area contributed by atoms with Gasteiger partial charge in [0, 0.05) is 17.1 Å². The molecule has 2 N–H and O–H groups in total. The Bertz CT molecular complexity index is 45.5. The van der Waals surface area contributed by atoms with Crippen LogP contribution in [-0.2, 0) is 26.8 Å². The summed E-state index contributed by atoms with van der Waals surface area (Å²) in [5.74, 6) is 0. The largest absolute Gasteiger partial charge is 0.461 e. The Balaban J connectivity index is 0.000000250. The molecule has 1 saturated heterocycles. The van der Waals surface area contributed by atoms with Crippen molar-refractivity contribution in [1.29, 1.82) is 0 Å². The van der Waals surface area contributed by atoms with Crippen molar-refractivity contribution in [3.8, 4) is 0 Å². The third-order valence-corrected chi connectivity index (χ3v) is 0.232. The van der Waals surface area contributed by atoms with Gasteiger partial charge in [0.2, 0.25) is 0 Å². The molecule has 0 aromatic rings. The maximum atomic E-state index is 7.74. The van der Waals surface area contributed by atoms with E-state index >= 15 is 0 Å². The Labute approximate surface area is 44.1 Å². The van der Waals surface area contributed by atoms with Gasteiger partial charge in [-0.25, -0.2) is 0 Å². The van der Waals surface area contributed by atoms with Gasteiger partial charge < -0.3 is 10.2 Å². The zero-order chi connectivity index (χ0) is 3.91. The fraction of sp³-hybridized carbons (Fsp3) is 1.00. The van der Waals surface area contributed by atoms with Crippen LogP contribution in [0.4, 0.5) is 0 Å². The Kier molecular flexibility index (Phi) is 1.54. The third-order valence-electron chi connectivity index (χ3n) is 0.232. The number of aliphatic hydroxyl groups is 2. The van der Waals surface area contributed by atoms with E-state index in [1.54, 1.807) is 0 Å². The van der Waals surface area contributed by atoms with Gasteiger partial charge in [-0.05, 0) is 0 Å². The molecule has 0 unspecified atom stereocenters. The van der Waals surface area contributed by atoms with Crippen LogP contribution in [0.15, 0.2) is 0 Å². The Morgan fingerprint density at radius 2 is 1.33 bits per heavy atom. The van der Waals surface area contributed by atoms with Gasteiger partial charge in [-0.15, -0.1) is 9.78 Å². The summed E-state index contributed by atoms with van der Waals surface area (Å²) in [5.41, 5.74) is 0. The van der Waals surface area contributed by atoms with Crippen LogP contribution in [-0.4, -0.2) is 16.4 Å². The molecule has 0 amide bonds. The predicted molar refractivity (Wildman–Crippen MR) is 9.34 cm³/mol. The number of hydrogen-bond donors (Lipinski definition) is 2. The van der Waals surface area contributed by atoms with Crippen molar-refractivity contribution in [2.24, 2.45) is 0 Å². The Morgan fingerprint density at radius 1 is 1.17 bits per heavy atom. The van der Waals surface area contributed by atoms with E-state index in [0.717, 1.165) is 0 Å². The Morgan fingerprint density at radius 3 is 1.33 bits per heavy atom. The molecule has 0 saturated carbocycles. The summed E-state index contributed by atoms with van der Waals surface area (Å²) in [4.78, 5) is 7.01. The molecule has 0 aromatic carbocycles. The van der Waals surface area contributed by atoms with Crippen LogP contribution in [0.5, 0.6) is 0 Å². The standard InChI is InChI=1S/CH2O4.Fe/c2-1(3)4-5-1;/h2-3H;. The van der Waals surface area contributed by atoms with E-state index in [1.807, 2.05) is 0 Å². The monoisotopic (exact) mass is 134 g/mol. The van der Waals surface area contributed by atoms with Crippen molar-refractivity contribution in [3.05, 3.63) is 0 Å². The van der Waals surface area contributed by atoms with Gasteiger partial charge in [0.15, 0.2) is 0 Å². The maximum absolute atomic E-state index is 7.74. The SMILES string of the molecule is OC1(O)OO1.[Fe]. The Hall–Kier alpha value is 0.359. The van der Waals surface area contributed by atoms with E-state index < -0.39 is 6.16 Å². The molecule has 1 aliphatic heterocycles. The van der Waals surface area contributed by atoms with Gasteiger partial charge >= 0.3 is 6.16 Å². The smallest absolute Gasteiger partial charge is 0.315 e. The molecule has 0 aliphatic carbocycles. The van der Waals surface area contributed by atoms with Gasteiger partial charge in [-0.3, -0.25) is 0 Å². The van der Waals surface area contributed by atoms with Crippen LogP contribution in [0.3, 0.4) is 0 Å². The third kappa shape index (κ3) is 1.71. The molecule has 38 valence electrons. The number of hydrogen-bond acceptors (Lipinski definition) is 4. The topological polar surface area (TPSA) is 65.5 Å². The maximum Gasteiger partial charge on any atom is 0.461 e. The molecule has 1 fully saturated rings. The molecule has 0 bridgehead atoms. The van der Waals surface area contributed by atoms with Gasteiger partial charge in [-0.2, -0.15) is 0 Å². The number of rotatable bonds is 0. The molecular formula is CH2FeO4. The summed E-state index contributed by atoms with van der Waals surface area (Å²) in [6.45, 7) is 0. The molecule has 5 heteroatoms. The van der Waals surface area contributed by atoms with Crippen molar-refractivity contribution in [2.75, 3.05) is 0 Å². The minimum Gasteiger partial charge on any atom is -0.315 e. The summed E-state index contributed by atoms with van der Waals surface area (Å²) in [5, 5.41) is 15.5. The summed E-state index contributed by atoms with van der Waals surface area (Å²) in [7, 11) is 0. The van der Waals surface area contributed by atoms with Crippen molar-refractivity contribution in [2.45, 2.75) is 6.16 Å². The molecule has 0 radical (unpaired) electrons. The molecule has 0 atom stereocenters. The van der Waals surface area contributed by atoms with Crippen LogP contribution in [0, 0.1) is 0 Å². The van der Waals surface area contributed by atoms with E-state index in [2.05, 4.69) is 9.78 Å². The predicted octanol–water partition coefficient (Wildman–Crippen LogP) is -1.46. The second-order valence-corrected chi connectivity index (χ2v) is 0.715. The van der Waals surface area contributed by atoms with Crippen molar-refractivity contribution in [3.63, 3.8) is 0 Å². The normalized spacial score (nSPS) is 25.0. The first-order valence-corrected chi connectivity index (χ1v) is 1.02. The summed E-state index contributed by atoms with van der Waals surface area (Å²) >= 11 is 0. The molecule has 0 spiro atoms. The molecule has 1 heterocycles. The van der Waals surface area contributed by atoms with E-state index in [1.165, 1.54) is 0 Å². The van der Waals surface area contributed by atoms with Crippen LogP contribution in [0.1, 0.15) is 0 Å². The molecular weight excluding hydrogens is 132 g/mol. The molecule has 1 aliphatic rings. The first-order chi connectivity index (χ1) is 2.21. The van der Waals surface area contributed by atoms with Crippen LogP contribution in [0.2, 0.25) is 0 Å². The van der Waals surface area contributed by atoms with Crippen LogP contribution < -0.4 is 0 Å². The molecule has 1 rings (SSSR count). The first-order valence-electron chi connectivity index (χ1n) is 1.02. The minimum absolute atomic E-state index is 0. The van der Waals surface area contributed by atoms with Crippen LogP contribution in [0.25, 0.3) is 0 Å². The van der Waals surface area contributed by atoms with Crippen molar-refractivity contribution >= 4 is 0 Å². The first kappa shape index (κ1) is 6.36. The van der Waals surface area contributed by atoms with Gasteiger partial charge in [-0.1, -0.05) is 0 Å². The van der Waals surface area contributed by atoms with E-state index in [0.29, 0.717) is 0 Å². The van der Waals surface area contributed by atoms with Gasteiger partial charge in [0.25, 0.3) is 0 Å². The van der Waals surface area contributed by atoms with E-state index in [9.17, 15) is 0 Å². The molecule has 4 nitrogen and oxygen atoms in total. The molecule has 6 heavy (non-hydrogen) atoms. The van der Waals surface area contributed by atoms with Crippen molar-refractivity contribution < 1.29 is 37.1 Å².